The van der Waals surface area contributed by atoms with Crippen molar-refractivity contribution in [1.29, 1.82) is 0 Å². The summed E-state index contributed by atoms with van der Waals surface area (Å²) in [6.45, 7) is 2.59. The van der Waals surface area contributed by atoms with Crippen molar-refractivity contribution in [1.82, 2.24) is 9.62 Å². The summed E-state index contributed by atoms with van der Waals surface area (Å²) in [6.07, 6.45) is 6.81. The Balaban J connectivity index is 1.68. The molecular formula is C16H24N2O4S. The van der Waals surface area contributed by atoms with Crippen molar-refractivity contribution >= 4 is 15.9 Å². The van der Waals surface area contributed by atoms with Gasteiger partial charge in [0, 0.05) is 19.1 Å². The first kappa shape index (κ1) is 16.5. The first-order chi connectivity index (χ1) is 11.0. The van der Waals surface area contributed by atoms with Crippen LogP contribution in [0.25, 0.3) is 0 Å². The monoisotopic (exact) mass is 340 g/mol. The summed E-state index contributed by atoms with van der Waals surface area (Å²) >= 11 is 0. The lowest BCUT2D eigenvalue weighted by Gasteiger charge is -2.33. The second kappa shape index (κ2) is 6.65. The van der Waals surface area contributed by atoms with Gasteiger partial charge in [0.25, 0.3) is 5.91 Å². The highest BCUT2D eigenvalue weighted by Crippen LogP contribution is 2.23. The third-order valence-electron chi connectivity index (χ3n) is 4.88. The number of furan rings is 1. The summed E-state index contributed by atoms with van der Waals surface area (Å²) in [7, 11) is -3.38. The Kier molecular flexibility index (Phi) is 4.77. The van der Waals surface area contributed by atoms with Gasteiger partial charge in [-0.1, -0.05) is 12.8 Å². The van der Waals surface area contributed by atoms with Gasteiger partial charge in [-0.05, 0) is 38.7 Å². The van der Waals surface area contributed by atoms with Crippen LogP contribution in [0.5, 0.6) is 0 Å². The van der Waals surface area contributed by atoms with Crippen LogP contribution >= 0.6 is 0 Å². The van der Waals surface area contributed by atoms with Crippen molar-refractivity contribution in [2.45, 2.75) is 56.7 Å². The van der Waals surface area contributed by atoms with Crippen LogP contribution in [0.15, 0.2) is 16.7 Å². The highest BCUT2D eigenvalue weighted by atomic mass is 32.2. The van der Waals surface area contributed by atoms with Crippen molar-refractivity contribution < 1.29 is 17.6 Å². The number of carbonyl (C=O) groups is 1. The highest BCUT2D eigenvalue weighted by Gasteiger charge is 2.35. The second-order valence-corrected chi connectivity index (χ2v) is 8.54. The van der Waals surface area contributed by atoms with Gasteiger partial charge in [-0.2, -0.15) is 0 Å². The zero-order valence-corrected chi connectivity index (χ0v) is 14.3. The molecule has 0 spiro atoms. The van der Waals surface area contributed by atoms with E-state index in [0.29, 0.717) is 30.7 Å². The molecule has 3 rings (SSSR count). The maximum Gasteiger partial charge on any atom is 0.257 e. The molecule has 1 saturated heterocycles. The van der Waals surface area contributed by atoms with E-state index < -0.39 is 15.3 Å². The second-order valence-electron chi connectivity index (χ2n) is 6.55. The quantitative estimate of drug-likeness (QED) is 0.910. The minimum Gasteiger partial charge on any atom is -0.469 e. The number of nitrogens with zero attached hydrogens (tertiary/aromatic N) is 1. The number of piperidine rings is 1. The Morgan fingerprint density at radius 3 is 2.65 bits per heavy atom. The third kappa shape index (κ3) is 3.61. The Morgan fingerprint density at radius 2 is 2.00 bits per heavy atom. The van der Waals surface area contributed by atoms with E-state index in [0.717, 1.165) is 25.7 Å². The fraction of sp³-hybridized carbons (Fsp3) is 0.688. The lowest BCUT2D eigenvalue weighted by Crippen LogP contribution is -2.50. The molecule has 1 aromatic rings. The molecular weight excluding hydrogens is 316 g/mol. The Morgan fingerprint density at radius 1 is 1.26 bits per heavy atom. The number of hydrogen-bond acceptors (Lipinski definition) is 4. The summed E-state index contributed by atoms with van der Waals surface area (Å²) in [5.41, 5.74) is 0.520. The fourth-order valence-electron chi connectivity index (χ4n) is 3.53. The van der Waals surface area contributed by atoms with Crippen LogP contribution in [0.3, 0.4) is 0 Å². The van der Waals surface area contributed by atoms with Crippen molar-refractivity contribution in [3.63, 3.8) is 0 Å². The molecule has 2 aliphatic rings. The molecule has 1 atom stereocenters. The third-order valence-corrected chi connectivity index (χ3v) is 6.80. The van der Waals surface area contributed by atoms with E-state index in [1.807, 2.05) is 0 Å². The molecule has 2 heterocycles. The molecule has 0 radical (unpaired) electrons. The van der Waals surface area contributed by atoms with E-state index in [4.69, 9.17) is 4.42 Å². The van der Waals surface area contributed by atoms with Gasteiger partial charge in [0.2, 0.25) is 10.0 Å². The summed E-state index contributed by atoms with van der Waals surface area (Å²) in [5.74, 6) is 0.432. The van der Waals surface area contributed by atoms with Gasteiger partial charge in [-0.3, -0.25) is 4.79 Å². The van der Waals surface area contributed by atoms with Gasteiger partial charge >= 0.3 is 0 Å². The Labute approximate surface area is 137 Å². The number of hydrogen-bond donors (Lipinski definition) is 1. The van der Waals surface area contributed by atoms with Gasteiger partial charge in [0.1, 0.15) is 5.76 Å². The minimum absolute atomic E-state index is 0.0715. The van der Waals surface area contributed by atoms with Crippen LogP contribution in [0.4, 0.5) is 0 Å². The summed E-state index contributed by atoms with van der Waals surface area (Å²) < 4.78 is 33.2. The normalized spacial score (nSPS) is 23.3. The van der Waals surface area contributed by atoms with E-state index in [9.17, 15) is 13.2 Å². The predicted octanol–water partition coefficient (Wildman–Crippen LogP) is 2.05. The average Bonchev–Trinajstić information content (AvgIpc) is 3.18. The first-order valence-corrected chi connectivity index (χ1v) is 9.86. The maximum absolute atomic E-state index is 12.6. The van der Waals surface area contributed by atoms with Gasteiger partial charge in [0.15, 0.2) is 0 Å². The van der Waals surface area contributed by atoms with Crippen molar-refractivity contribution in [2.24, 2.45) is 0 Å². The number of aryl methyl sites for hydroxylation is 1. The summed E-state index contributed by atoms with van der Waals surface area (Å²) in [5, 5.41) is -0.520. The molecule has 1 aromatic heterocycles. The molecule has 0 aromatic carbocycles. The van der Waals surface area contributed by atoms with Gasteiger partial charge in [0.05, 0.1) is 17.1 Å². The van der Waals surface area contributed by atoms with Crippen molar-refractivity contribution in [3.8, 4) is 0 Å². The Bertz CT molecular complexity index is 661. The van der Waals surface area contributed by atoms with Gasteiger partial charge < -0.3 is 9.32 Å². The Hall–Kier alpha value is -1.34. The maximum atomic E-state index is 12.6. The van der Waals surface area contributed by atoms with Crippen molar-refractivity contribution in [3.05, 3.63) is 23.7 Å². The molecule has 128 valence electrons. The largest absolute Gasteiger partial charge is 0.469 e. The lowest BCUT2D eigenvalue weighted by molar-refractivity contribution is 0.0725. The number of carbonyl (C=O) groups excluding carboxylic acids is 1. The molecule has 23 heavy (non-hydrogen) atoms. The van der Waals surface area contributed by atoms with E-state index in [2.05, 4.69) is 4.72 Å². The first-order valence-electron chi connectivity index (χ1n) is 8.32. The van der Waals surface area contributed by atoms with Crippen molar-refractivity contribution in [2.75, 3.05) is 13.1 Å². The van der Waals surface area contributed by atoms with E-state index in [1.54, 1.807) is 17.9 Å². The minimum atomic E-state index is -3.38. The fourth-order valence-corrected chi connectivity index (χ4v) is 5.27. The van der Waals surface area contributed by atoms with Crippen LogP contribution in [0, 0.1) is 6.92 Å². The number of likely N-dealkylation sites (tertiary alicyclic amines) is 1. The average molecular weight is 340 g/mol. The number of rotatable bonds is 4. The molecule has 2 fully saturated rings. The van der Waals surface area contributed by atoms with Crippen LogP contribution in [0.2, 0.25) is 0 Å². The molecule has 7 heteroatoms. The SMILES string of the molecule is Cc1occc1C(=O)N1CCC[C@H](S(=O)(=O)NC2CCCC2)C1. The number of sulfonamides is 1. The molecule has 1 saturated carbocycles. The molecule has 1 amide bonds. The number of amides is 1. The molecule has 1 aliphatic heterocycles. The van der Waals surface area contributed by atoms with E-state index in [-0.39, 0.29) is 18.5 Å². The molecule has 1 aliphatic carbocycles. The van der Waals surface area contributed by atoms with E-state index in [1.165, 1.54) is 6.26 Å². The van der Waals surface area contributed by atoms with Crippen LogP contribution in [-0.4, -0.2) is 43.6 Å². The smallest absolute Gasteiger partial charge is 0.257 e. The summed E-state index contributed by atoms with van der Waals surface area (Å²) in [6, 6.07) is 1.72. The van der Waals surface area contributed by atoms with Crippen LogP contribution < -0.4 is 4.72 Å². The molecule has 1 N–H and O–H groups in total. The highest BCUT2D eigenvalue weighted by molar-refractivity contribution is 7.90. The van der Waals surface area contributed by atoms with Crippen LogP contribution in [-0.2, 0) is 10.0 Å². The number of nitrogens with one attached hydrogen (secondary N) is 1. The van der Waals surface area contributed by atoms with Crippen LogP contribution in [0.1, 0.15) is 54.6 Å². The predicted molar refractivity (Wildman–Crippen MR) is 86.7 cm³/mol. The van der Waals surface area contributed by atoms with Gasteiger partial charge in [-0.15, -0.1) is 0 Å². The molecule has 0 unspecified atom stereocenters. The summed E-state index contributed by atoms with van der Waals surface area (Å²) in [4.78, 5) is 14.2. The van der Waals surface area contributed by atoms with E-state index >= 15 is 0 Å². The molecule has 6 nitrogen and oxygen atoms in total. The lowest BCUT2D eigenvalue weighted by atomic mass is 10.1. The zero-order chi connectivity index (χ0) is 16.4. The zero-order valence-electron chi connectivity index (χ0n) is 13.5. The topological polar surface area (TPSA) is 79.6 Å². The van der Waals surface area contributed by atoms with Gasteiger partial charge in [-0.25, -0.2) is 13.1 Å². The standard InChI is InChI=1S/C16H24N2O4S/c1-12-15(8-10-22-12)16(19)18-9-4-7-14(11-18)23(20,21)17-13-5-2-3-6-13/h8,10,13-14,17H,2-7,9,11H2,1H3/t14-/m0/s1. The molecule has 0 bridgehead atoms.